The minimum absolute atomic E-state index is 0.152. The molecule has 0 aromatic carbocycles. The van der Waals surface area contributed by atoms with E-state index in [-0.39, 0.29) is 31.8 Å². The zero-order chi connectivity index (χ0) is 42.3. The van der Waals surface area contributed by atoms with Crippen LogP contribution in [-0.4, -0.2) is 92.5 Å². The van der Waals surface area contributed by atoms with Crippen LogP contribution < -0.4 is 5.73 Å². The first-order valence-electron chi connectivity index (χ1n) is 25.6. The molecule has 0 aromatic heterocycles. The van der Waals surface area contributed by atoms with E-state index >= 15 is 0 Å². The minimum Gasteiger partial charge on any atom is -0.462 e. The first kappa shape index (κ1) is 56.8. The third-order valence-electron chi connectivity index (χ3n) is 11.8. The van der Waals surface area contributed by atoms with Crippen LogP contribution in [0, 0.1) is 0 Å². The molecule has 8 heteroatoms. The molecular formula is C50H101N3O5. The van der Waals surface area contributed by atoms with Crippen LogP contribution in [0.1, 0.15) is 245 Å². The van der Waals surface area contributed by atoms with Gasteiger partial charge in [0.1, 0.15) is 13.2 Å². The van der Waals surface area contributed by atoms with Crippen LogP contribution >= 0.6 is 0 Å². The van der Waals surface area contributed by atoms with E-state index in [1.165, 1.54) is 199 Å². The third kappa shape index (κ3) is 44.3. The lowest BCUT2D eigenvalue weighted by atomic mass is 10.1. The normalized spacial score (nSPS) is 11.6. The van der Waals surface area contributed by atoms with Crippen molar-refractivity contribution in [3.63, 3.8) is 0 Å². The molecule has 8 nitrogen and oxygen atoms in total. The Morgan fingerprint density at radius 2 is 0.638 bits per heavy atom. The number of aliphatic hydroxyl groups is 1. The molecule has 0 aromatic rings. The number of carbonyl (C=O) groups is 2. The van der Waals surface area contributed by atoms with Crippen molar-refractivity contribution in [3.8, 4) is 0 Å². The second-order valence-electron chi connectivity index (χ2n) is 17.5. The van der Waals surface area contributed by atoms with Crippen molar-refractivity contribution in [3.05, 3.63) is 0 Å². The first-order chi connectivity index (χ1) is 28.6. The summed E-state index contributed by atoms with van der Waals surface area (Å²) in [5, 5.41) is 9.47. The number of nitrogens with two attached hydrogens (primary N) is 1. The maximum absolute atomic E-state index is 12.1. The molecule has 58 heavy (non-hydrogen) atoms. The molecule has 0 radical (unpaired) electrons. The van der Waals surface area contributed by atoms with Crippen LogP contribution in [0.25, 0.3) is 0 Å². The first-order valence-corrected chi connectivity index (χ1v) is 25.6. The highest BCUT2D eigenvalue weighted by molar-refractivity contribution is 5.70. The molecule has 346 valence electrons. The molecule has 0 saturated carbocycles. The zero-order valence-electron chi connectivity index (χ0n) is 39.1. The molecule has 0 spiro atoms. The van der Waals surface area contributed by atoms with Gasteiger partial charge in [0.05, 0.1) is 6.61 Å². The predicted molar refractivity (Wildman–Crippen MR) is 248 cm³/mol. The van der Waals surface area contributed by atoms with E-state index in [2.05, 4.69) is 23.6 Å². The fourth-order valence-electron chi connectivity index (χ4n) is 8.07. The van der Waals surface area contributed by atoms with Gasteiger partial charge < -0.3 is 30.1 Å². The van der Waals surface area contributed by atoms with Gasteiger partial charge in [-0.05, 0) is 64.7 Å². The Bertz CT molecular complexity index is 765. The average molecular weight is 824 g/mol. The molecule has 3 N–H and O–H groups in total. The number of rotatable bonds is 49. The van der Waals surface area contributed by atoms with Gasteiger partial charge in [-0.3, -0.25) is 9.59 Å². The SMILES string of the molecule is CCCCCCCCCCCCN(CCN)CCCCCCCCCC(=O)OCCOC(=O)CCCCCCCCCN(CCO)CCCCCCCCCCCC. The zero-order valence-corrected chi connectivity index (χ0v) is 39.1. The number of esters is 2. The molecule has 0 aliphatic heterocycles. The number of hydrogen-bond acceptors (Lipinski definition) is 8. The molecule has 0 saturated heterocycles. The summed E-state index contributed by atoms with van der Waals surface area (Å²) < 4.78 is 10.6. The van der Waals surface area contributed by atoms with Gasteiger partial charge >= 0.3 is 11.9 Å². The van der Waals surface area contributed by atoms with Crippen LogP contribution in [-0.2, 0) is 19.1 Å². The van der Waals surface area contributed by atoms with Gasteiger partial charge in [-0.25, -0.2) is 0 Å². The molecule has 0 unspecified atom stereocenters. The van der Waals surface area contributed by atoms with Crippen molar-refractivity contribution in [1.29, 1.82) is 0 Å². The Kier molecular flexibility index (Phi) is 47.4. The predicted octanol–water partition coefficient (Wildman–Crippen LogP) is 12.7. The van der Waals surface area contributed by atoms with Gasteiger partial charge in [-0.2, -0.15) is 0 Å². The lowest BCUT2D eigenvalue weighted by Crippen LogP contribution is -2.31. The Hall–Kier alpha value is -1.22. The molecule has 0 heterocycles. The van der Waals surface area contributed by atoms with Crippen molar-refractivity contribution >= 4 is 11.9 Å². The Morgan fingerprint density at radius 3 is 0.914 bits per heavy atom. The molecule has 0 bridgehead atoms. The van der Waals surface area contributed by atoms with E-state index in [1.54, 1.807) is 0 Å². The highest BCUT2D eigenvalue weighted by Crippen LogP contribution is 2.15. The Balaban J connectivity index is 3.57. The number of carbonyl (C=O) groups excluding carboxylic acids is 2. The largest absolute Gasteiger partial charge is 0.462 e. The van der Waals surface area contributed by atoms with Gasteiger partial charge in [0, 0.05) is 32.5 Å². The molecular weight excluding hydrogens is 723 g/mol. The Labute approximate surface area is 361 Å². The summed E-state index contributed by atoms with van der Waals surface area (Å²) in [6.07, 6.45) is 44.4. The van der Waals surface area contributed by atoms with E-state index in [0.29, 0.717) is 12.8 Å². The average Bonchev–Trinajstić information content (AvgIpc) is 3.22. The molecule has 0 rings (SSSR count). The van der Waals surface area contributed by atoms with Crippen LogP contribution in [0.4, 0.5) is 0 Å². The fraction of sp³-hybridized carbons (Fsp3) is 0.960. The number of unbranched alkanes of at least 4 members (excludes halogenated alkanes) is 30. The second-order valence-corrected chi connectivity index (χ2v) is 17.5. The number of hydrogen-bond donors (Lipinski definition) is 2. The monoisotopic (exact) mass is 824 g/mol. The molecule has 0 amide bonds. The summed E-state index contributed by atoms with van der Waals surface area (Å²) in [6, 6.07) is 0. The highest BCUT2D eigenvalue weighted by Gasteiger charge is 2.08. The van der Waals surface area contributed by atoms with Gasteiger partial charge in [0.2, 0.25) is 0 Å². The number of nitrogens with zero attached hydrogens (tertiary/aromatic N) is 2. The number of ether oxygens (including phenoxy) is 2. The van der Waals surface area contributed by atoms with Gasteiger partial charge in [-0.1, -0.05) is 194 Å². The van der Waals surface area contributed by atoms with Gasteiger partial charge in [0.25, 0.3) is 0 Å². The minimum atomic E-state index is -0.191. The third-order valence-corrected chi connectivity index (χ3v) is 11.8. The quantitative estimate of drug-likeness (QED) is 0.0462. The maximum Gasteiger partial charge on any atom is 0.305 e. The van der Waals surface area contributed by atoms with Crippen LogP contribution in [0.2, 0.25) is 0 Å². The van der Waals surface area contributed by atoms with Crippen molar-refractivity contribution < 1.29 is 24.2 Å². The van der Waals surface area contributed by atoms with Gasteiger partial charge in [0.15, 0.2) is 0 Å². The molecule has 0 atom stereocenters. The van der Waals surface area contributed by atoms with Crippen LogP contribution in [0.15, 0.2) is 0 Å². The van der Waals surface area contributed by atoms with Gasteiger partial charge in [-0.15, -0.1) is 0 Å². The van der Waals surface area contributed by atoms with E-state index < -0.39 is 0 Å². The van der Waals surface area contributed by atoms with E-state index in [9.17, 15) is 14.7 Å². The maximum atomic E-state index is 12.1. The summed E-state index contributed by atoms with van der Waals surface area (Å²) in [5.41, 5.74) is 5.89. The summed E-state index contributed by atoms with van der Waals surface area (Å²) >= 11 is 0. The Morgan fingerprint density at radius 1 is 0.379 bits per heavy atom. The van der Waals surface area contributed by atoms with Crippen molar-refractivity contribution in [2.75, 3.05) is 65.6 Å². The highest BCUT2D eigenvalue weighted by atomic mass is 16.6. The van der Waals surface area contributed by atoms with Crippen LogP contribution in [0.5, 0.6) is 0 Å². The lowest BCUT2D eigenvalue weighted by molar-refractivity contribution is -0.152. The standard InChI is InChI=1S/C50H101N3O5/c1-3-5-7-9-11-13-15-21-27-33-40-52(44-39-51)41-34-28-23-17-19-25-31-37-49(55)57-47-48-58-50(56)38-32-26-20-18-24-30-36-43-53(45-46-54)42-35-29-22-16-14-12-10-8-6-4-2/h54H,3-48,51H2,1-2H3. The second kappa shape index (κ2) is 48.4. The van der Waals surface area contributed by atoms with E-state index in [1.807, 2.05) is 0 Å². The topological polar surface area (TPSA) is 105 Å². The smallest absolute Gasteiger partial charge is 0.305 e. The summed E-state index contributed by atoms with van der Waals surface area (Å²) in [7, 11) is 0. The molecule has 0 aliphatic carbocycles. The van der Waals surface area contributed by atoms with E-state index in [4.69, 9.17) is 15.2 Å². The molecule has 0 fully saturated rings. The molecule has 0 aliphatic rings. The van der Waals surface area contributed by atoms with Crippen molar-refractivity contribution in [2.45, 2.75) is 245 Å². The lowest BCUT2D eigenvalue weighted by Gasteiger charge is -2.21. The summed E-state index contributed by atoms with van der Waals surface area (Å²) in [4.78, 5) is 29.2. The fourth-order valence-corrected chi connectivity index (χ4v) is 8.07. The van der Waals surface area contributed by atoms with Crippen LogP contribution in [0.3, 0.4) is 0 Å². The number of aliphatic hydroxyl groups excluding tert-OH is 1. The van der Waals surface area contributed by atoms with Crippen molar-refractivity contribution in [2.24, 2.45) is 5.73 Å². The summed E-state index contributed by atoms with van der Waals surface area (Å²) in [6.45, 7) is 12.3. The van der Waals surface area contributed by atoms with Crippen molar-refractivity contribution in [1.82, 2.24) is 9.80 Å². The summed E-state index contributed by atoms with van der Waals surface area (Å²) in [5.74, 6) is -0.378. The van der Waals surface area contributed by atoms with E-state index in [0.717, 1.165) is 64.8 Å².